The molecule has 1 atom stereocenters. The molecule has 0 spiro atoms. The van der Waals surface area contributed by atoms with Crippen LogP contribution in [-0.4, -0.2) is 63.1 Å². The summed E-state index contributed by atoms with van der Waals surface area (Å²) in [4.78, 5) is 18.7. The van der Waals surface area contributed by atoms with Gasteiger partial charge in [-0.15, -0.1) is 0 Å². The predicted molar refractivity (Wildman–Crippen MR) is 129 cm³/mol. The molecule has 1 aromatic heterocycles. The second-order valence-electron chi connectivity index (χ2n) is 8.17. The smallest absolute Gasteiger partial charge is 0.243 e. The van der Waals surface area contributed by atoms with Gasteiger partial charge in [-0.1, -0.05) is 24.8 Å². The fraction of sp³-hybridized carbons (Fsp3) is 0.391. The van der Waals surface area contributed by atoms with Gasteiger partial charge in [-0.2, -0.15) is 4.31 Å². The highest BCUT2D eigenvalue weighted by atomic mass is 32.2. The summed E-state index contributed by atoms with van der Waals surface area (Å²) in [7, 11) is -7.25. The monoisotopic (exact) mass is 506 g/mol. The first-order valence-electron chi connectivity index (χ1n) is 11.0. The Labute approximate surface area is 201 Å². The lowest BCUT2D eigenvalue weighted by Crippen LogP contribution is -2.32. The molecule has 1 aliphatic rings. The zero-order valence-corrected chi connectivity index (χ0v) is 20.8. The highest BCUT2D eigenvalue weighted by Crippen LogP contribution is 2.24. The van der Waals surface area contributed by atoms with Gasteiger partial charge in [0.05, 0.1) is 11.3 Å². The van der Waals surface area contributed by atoms with Crippen molar-refractivity contribution in [3.05, 3.63) is 71.9 Å². The van der Waals surface area contributed by atoms with E-state index in [1.54, 1.807) is 29.4 Å². The van der Waals surface area contributed by atoms with Crippen molar-refractivity contribution in [3.8, 4) is 0 Å². The molecule has 1 fully saturated rings. The second kappa shape index (κ2) is 11.2. The van der Waals surface area contributed by atoms with Crippen LogP contribution in [0.5, 0.6) is 0 Å². The molecule has 2 aromatic rings. The molecule has 0 saturated carbocycles. The number of hydrogen-bond acceptors (Lipinski definition) is 6. The van der Waals surface area contributed by atoms with Crippen LogP contribution in [-0.2, 0) is 37.8 Å². The average Bonchev–Trinajstić information content (AvgIpc) is 3.32. The molecule has 9 nitrogen and oxygen atoms in total. The number of rotatable bonds is 11. The van der Waals surface area contributed by atoms with Gasteiger partial charge in [0, 0.05) is 50.5 Å². The SMILES string of the molecule is C=CS(=O)(=O)NC[C@H]1CCN(S(=O)(=O)c2ccc(CC(=O)N(CC)Cc3cccnc3)cc2)C1. The van der Waals surface area contributed by atoms with Crippen molar-refractivity contribution in [2.75, 3.05) is 26.2 Å². The summed E-state index contributed by atoms with van der Waals surface area (Å²) in [6.07, 6.45) is 4.15. The number of amides is 1. The summed E-state index contributed by atoms with van der Waals surface area (Å²) >= 11 is 0. The van der Waals surface area contributed by atoms with E-state index in [1.807, 2.05) is 19.1 Å². The number of hydrogen-bond donors (Lipinski definition) is 1. The van der Waals surface area contributed by atoms with E-state index >= 15 is 0 Å². The van der Waals surface area contributed by atoms with Crippen LogP contribution < -0.4 is 4.72 Å². The first kappa shape index (κ1) is 26.0. The van der Waals surface area contributed by atoms with Gasteiger partial charge in [0.1, 0.15) is 0 Å². The van der Waals surface area contributed by atoms with Crippen molar-refractivity contribution >= 4 is 26.0 Å². The average molecular weight is 507 g/mol. The fourth-order valence-electron chi connectivity index (χ4n) is 3.78. The minimum atomic E-state index is -3.70. The molecule has 0 bridgehead atoms. The molecular formula is C23H30N4O5S2. The van der Waals surface area contributed by atoms with Gasteiger partial charge in [0.2, 0.25) is 26.0 Å². The zero-order chi connectivity index (χ0) is 24.8. The summed E-state index contributed by atoms with van der Waals surface area (Å²) in [6.45, 7) is 6.90. The normalized spacial score (nSPS) is 16.9. The van der Waals surface area contributed by atoms with E-state index < -0.39 is 20.0 Å². The van der Waals surface area contributed by atoms with E-state index in [0.29, 0.717) is 26.1 Å². The van der Waals surface area contributed by atoms with E-state index in [2.05, 4.69) is 16.3 Å². The highest BCUT2D eigenvalue weighted by Gasteiger charge is 2.32. The van der Waals surface area contributed by atoms with Crippen molar-refractivity contribution in [1.29, 1.82) is 0 Å². The molecule has 11 heteroatoms. The number of aromatic nitrogens is 1. The Morgan fingerprint density at radius 1 is 1.21 bits per heavy atom. The van der Waals surface area contributed by atoms with Crippen LogP contribution >= 0.6 is 0 Å². The summed E-state index contributed by atoms with van der Waals surface area (Å²) in [5.41, 5.74) is 1.67. The Bertz CT molecular complexity index is 1200. The Morgan fingerprint density at radius 2 is 1.94 bits per heavy atom. The molecular weight excluding hydrogens is 476 g/mol. The molecule has 0 aliphatic carbocycles. The van der Waals surface area contributed by atoms with Crippen molar-refractivity contribution in [1.82, 2.24) is 18.9 Å². The third kappa shape index (κ3) is 6.72. The van der Waals surface area contributed by atoms with Gasteiger partial charge >= 0.3 is 0 Å². The van der Waals surface area contributed by atoms with Gasteiger partial charge in [0.25, 0.3) is 0 Å². The van der Waals surface area contributed by atoms with Crippen LogP contribution in [0, 0.1) is 5.92 Å². The van der Waals surface area contributed by atoms with Crippen molar-refractivity contribution < 1.29 is 21.6 Å². The molecule has 1 aromatic carbocycles. The summed E-state index contributed by atoms with van der Waals surface area (Å²) < 4.78 is 52.9. The van der Waals surface area contributed by atoms with E-state index in [1.165, 1.54) is 16.4 Å². The number of carbonyl (C=O) groups excluding carboxylic acids is 1. The Morgan fingerprint density at radius 3 is 2.56 bits per heavy atom. The number of likely N-dealkylation sites (N-methyl/N-ethyl adjacent to an activating group) is 1. The van der Waals surface area contributed by atoms with Crippen LogP contribution in [0.25, 0.3) is 0 Å². The maximum Gasteiger partial charge on any atom is 0.243 e. The summed E-state index contributed by atoms with van der Waals surface area (Å²) in [5.74, 6) is -0.160. The lowest BCUT2D eigenvalue weighted by atomic mass is 10.1. The van der Waals surface area contributed by atoms with E-state index in [9.17, 15) is 21.6 Å². The highest BCUT2D eigenvalue weighted by molar-refractivity contribution is 7.92. The number of nitrogens with one attached hydrogen (secondary N) is 1. The molecule has 1 saturated heterocycles. The maximum absolute atomic E-state index is 13.0. The topological polar surface area (TPSA) is 117 Å². The zero-order valence-electron chi connectivity index (χ0n) is 19.1. The third-order valence-electron chi connectivity index (χ3n) is 5.79. The molecule has 0 unspecified atom stereocenters. The first-order chi connectivity index (χ1) is 16.1. The number of carbonyl (C=O) groups is 1. The van der Waals surface area contributed by atoms with Gasteiger partial charge in [-0.3, -0.25) is 9.78 Å². The molecule has 184 valence electrons. The molecule has 34 heavy (non-hydrogen) atoms. The van der Waals surface area contributed by atoms with Crippen LogP contribution in [0.1, 0.15) is 24.5 Å². The van der Waals surface area contributed by atoms with Crippen molar-refractivity contribution in [2.24, 2.45) is 5.92 Å². The van der Waals surface area contributed by atoms with E-state index in [4.69, 9.17) is 0 Å². The second-order valence-corrected chi connectivity index (χ2v) is 11.8. The third-order valence-corrected chi connectivity index (χ3v) is 8.68. The van der Waals surface area contributed by atoms with E-state index in [0.717, 1.165) is 16.5 Å². The Hall–Kier alpha value is -2.60. The first-order valence-corrected chi connectivity index (χ1v) is 14.0. The van der Waals surface area contributed by atoms with Crippen molar-refractivity contribution in [3.63, 3.8) is 0 Å². The van der Waals surface area contributed by atoms with Gasteiger partial charge in [0.15, 0.2) is 0 Å². The van der Waals surface area contributed by atoms with Crippen LogP contribution in [0.15, 0.2) is 65.7 Å². The summed E-state index contributed by atoms with van der Waals surface area (Å²) in [6, 6.07) is 10.1. The largest absolute Gasteiger partial charge is 0.338 e. The predicted octanol–water partition coefficient (Wildman–Crippen LogP) is 1.75. The van der Waals surface area contributed by atoms with Gasteiger partial charge in [-0.05, 0) is 48.6 Å². The standard InChI is InChI=1S/C23H30N4O5S2/c1-3-26(17-20-6-5-12-24-15-20)23(28)14-19-7-9-22(10-8-19)34(31,32)27-13-11-21(18-27)16-25-33(29,30)4-2/h4-10,12,15,21,25H,2-3,11,13-14,16-18H2,1H3/t21-/m1/s1. The van der Waals surface area contributed by atoms with Crippen molar-refractivity contribution in [2.45, 2.75) is 31.2 Å². The lowest BCUT2D eigenvalue weighted by molar-refractivity contribution is -0.130. The van der Waals surface area contributed by atoms with Crippen LogP contribution in [0.4, 0.5) is 0 Å². The number of benzene rings is 1. The number of sulfonamides is 2. The maximum atomic E-state index is 13.0. The molecule has 1 amide bonds. The van der Waals surface area contributed by atoms with Gasteiger partial charge < -0.3 is 4.90 Å². The molecule has 2 heterocycles. The summed E-state index contributed by atoms with van der Waals surface area (Å²) in [5, 5.41) is 0.835. The van der Waals surface area contributed by atoms with Crippen LogP contribution in [0.3, 0.4) is 0 Å². The Kier molecular flexibility index (Phi) is 8.58. The van der Waals surface area contributed by atoms with Crippen LogP contribution in [0.2, 0.25) is 0 Å². The molecule has 0 radical (unpaired) electrons. The number of nitrogens with zero attached hydrogens (tertiary/aromatic N) is 3. The number of pyridine rings is 1. The van der Waals surface area contributed by atoms with Gasteiger partial charge in [-0.25, -0.2) is 21.6 Å². The molecule has 1 aliphatic heterocycles. The Balaban J connectivity index is 1.59. The van der Waals surface area contributed by atoms with E-state index in [-0.39, 0.29) is 36.2 Å². The lowest BCUT2D eigenvalue weighted by Gasteiger charge is -2.21. The minimum Gasteiger partial charge on any atom is -0.338 e. The minimum absolute atomic E-state index is 0.0497. The molecule has 3 rings (SSSR count). The quantitative estimate of drug-likeness (QED) is 0.496. The fourth-order valence-corrected chi connectivity index (χ4v) is 5.89. The molecule has 1 N–H and O–H groups in total.